The second-order valence-electron chi connectivity index (χ2n) is 6.69. The number of nitrogens with one attached hydrogen (secondary N) is 2. The fourth-order valence-corrected chi connectivity index (χ4v) is 3.07. The number of anilines is 2. The molecule has 3 rings (SSSR count). The Hall–Kier alpha value is -3.61. The van der Waals surface area contributed by atoms with Gasteiger partial charge in [-0.3, -0.25) is 4.79 Å². The summed E-state index contributed by atoms with van der Waals surface area (Å²) in [6.07, 6.45) is 2.32. The molecule has 0 atom stereocenters. The molecule has 0 saturated heterocycles. The van der Waals surface area contributed by atoms with Gasteiger partial charge in [-0.1, -0.05) is 12.1 Å². The van der Waals surface area contributed by atoms with Crippen LogP contribution < -0.4 is 20.1 Å². The summed E-state index contributed by atoms with van der Waals surface area (Å²) in [7, 11) is 0. The Bertz CT molecular complexity index is 1030. The van der Waals surface area contributed by atoms with Gasteiger partial charge in [-0.2, -0.15) is 0 Å². The van der Waals surface area contributed by atoms with E-state index in [2.05, 4.69) is 15.6 Å². The number of halogens is 1. The first-order valence-corrected chi connectivity index (χ1v) is 10.2. The zero-order chi connectivity index (χ0) is 22.1. The lowest BCUT2D eigenvalue weighted by Gasteiger charge is -2.14. The number of hydrogen-bond acceptors (Lipinski definition) is 5. The SMILES string of the molecule is CCOc1ccc(CCNc2ncccc2C(=O)Nc2cccc(F)c2)cc1OCC. The summed E-state index contributed by atoms with van der Waals surface area (Å²) in [5.74, 6) is 1.13. The van der Waals surface area contributed by atoms with Crippen LogP contribution in [0.3, 0.4) is 0 Å². The Morgan fingerprint density at radius 3 is 2.58 bits per heavy atom. The van der Waals surface area contributed by atoms with Crippen molar-refractivity contribution in [3.63, 3.8) is 0 Å². The lowest BCUT2D eigenvalue weighted by atomic mass is 10.1. The van der Waals surface area contributed by atoms with E-state index in [1.54, 1.807) is 30.5 Å². The van der Waals surface area contributed by atoms with Gasteiger partial charge in [-0.25, -0.2) is 9.37 Å². The molecule has 31 heavy (non-hydrogen) atoms. The fraction of sp³-hybridized carbons (Fsp3) is 0.250. The van der Waals surface area contributed by atoms with E-state index in [1.807, 2.05) is 32.0 Å². The predicted molar refractivity (Wildman–Crippen MR) is 120 cm³/mol. The second kappa shape index (κ2) is 11.0. The Kier molecular flexibility index (Phi) is 7.81. The maximum Gasteiger partial charge on any atom is 0.259 e. The maximum absolute atomic E-state index is 13.4. The minimum Gasteiger partial charge on any atom is -0.490 e. The summed E-state index contributed by atoms with van der Waals surface area (Å²) in [6, 6.07) is 15.0. The third kappa shape index (κ3) is 6.18. The van der Waals surface area contributed by atoms with Crippen LogP contribution in [0.2, 0.25) is 0 Å². The number of ether oxygens (including phenoxy) is 2. The van der Waals surface area contributed by atoms with E-state index >= 15 is 0 Å². The monoisotopic (exact) mass is 423 g/mol. The molecule has 1 heterocycles. The summed E-state index contributed by atoms with van der Waals surface area (Å²) < 4.78 is 24.7. The molecule has 0 aliphatic carbocycles. The second-order valence-corrected chi connectivity index (χ2v) is 6.69. The minimum absolute atomic E-state index is 0.360. The van der Waals surface area contributed by atoms with E-state index in [4.69, 9.17) is 9.47 Å². The smallest absolute Gasteiger partial charge is 0.259 e. The van der Waals surface area contributed by atoms with Crippen molar-refractivity contribution in [2.75, 3.05) is 30.4 Å². The van der Waals surface area contributed by atoms with Gasteiger partial charge in [0.25, 0.3) is 5.91 Å². The van der Waals surface area contributed by atoms with Crippen molar-refractivity contribution >= 4 is 17.4 Å². The molecule has 0 spiro atoms. The standard InChI is InChI=1S/C24H26FN3O3/c1-3-30-21-11-10-17(15-22(21)31-4-2)12-14-27-23-20(9-6-13-26-23)24(29)28-19-8-5-7-18(25)16-19/h5-11,13,15-16H,3-4,12,14H2,1-2H3,(H,26,27)(H,28,29). The number of nitrogens with zero attached hydrogens (tertiary/aromatic N) is 1. The summed E-state index contributed by atoms with van der Waals surface area (Å²) in [6.45, 7) is 5.56. The lowest BCUT2D eigenvalue weighted by molar-refractivity contribution is 0.102. The van der Waals surface area contributed by atoms with E-state index in [1.165, 1.54) is 12.1 Å². The van der Waals surface area contributed by atoms with Gasteiger partial charge in [-0.05, 0) is 68.3 Å². The van der Waals surface area contributed by atoms with Crippen LogP contribution in [0.15, 0.2) is 60.8 Å². The molecule has 0 saturated carbocycles. The highest BCUT2D eigenvalue weighted by Gasteiger charge is 2.13. The topological polar surface area (TPSA) is 72.5 Å². The number of carbonyl (C=O) groups is 1. The predicted octanol–water partition coefficient (Wildman–Crippen LogP) is 4.93. The minimum atomic E-state index is -0.413. The Labute approximate surface area is 181 Å². The van der Waals surface area contributed by atoms with Gasteiger partial charge >= 0.3 is 0 Å². The highest BCUT2D eigenvalue weighted by atomic mass is 19.1. The first-order chi connectivity index (χ1) is 15.1. The molecule has 162 valence electrons. The lowest BCUT2D eigenvalue weighted by Crippen LogP contribution is -2.17. The average molecular weight is 423 g/mol. The third-order valence-corrected chi connectivity index (χ3v) is 4.45. The van der Waals surface area contributed by atoms with Crippen LogP contribution in [-0.4, -0.2) is 30.6 Å². The van der Waals surface area contributed by atoms with Crippen molar-refractivity contribution in [2.45, 2.75) is 20.3 Å². The number of hydrogen-bond donors (Lipinski definition) is 2. The highest BCUT2D eigenvalue weighted by molar-refractivity contribution is 6.07. The van der Waals surface area contributed by atoms with Crippen LogP contribution in [0.1, 0.15) is 29.8 Å². The summed E-state index contributed by atoms with van der Waals surface area (Å²) in [5, 5.41) is 5.91. The van der Waals surface area contributed by atoms with Crippen LogP contribution in [0.25, 0.3) is 0 Å². The van der Waals surface area contributed by atoms with E-state index < -0.39 is 5.82 Å². The number of benzene rings is 2. The van der Waals surface area contributed by atoms with Crippen LogP contribution in [0, 0.1) is 5.82 Å². The van der Waals surface area contributed by atoms with Gasteiger partial charge in [0, 0.05) is 18.4 Å². The quantitative estimate of drug-likeness (QED) is 0.484. The molecule has 7 heteroatoms. The van der Waals surface area contributed by atoms with Crippen LogP contribution in [0.5, 0.6) is 11.5 Å². The molecule has 6 nitrogen and oxygen atoms in total. The summed E-state index contributed by atoms with van der Waals surface area (Å²) in [4.78, 5) is 16.9. The zero-order valence-corrected chi connectivity index (χ0v) is 17.7. The molecule has 0 bridgehead atoms. The van der Waals surface area contributed by atoms with Crippen molar-refractivity contribution in [3.8, 4) is 11.5 Å². The largest absolute Gasteiger partial charge is 0.490 e. The molecule has 0 unspecified atom stereocenters. The Balaban J connectivity index is 1.65. The molecule has 0 radical (unpaired) electrons. The molecule has 3 aromatic rings. The van der Waals surface area contributed by atoms with E-state index in [-0.39, 0.29) is 5.91 Å². The average Bonchev–Trinajstić information content (AvgIpc) is 2.76. The van der Waals surface area contributed by atoms with Gasteiger partial charge in [0.2, 0.25) is 0 Å². The molecular formula is C24H26FN3O3. The summed E-state index contributed by atoms with van der Waals surface area (Å²) >= 11 is 0. The Morgan fingerprint density at radius 1 is 1.00 bits per heavy atom. The number of amides is 1. The number of pyridine rings is 1. The number of carbonyl (C=O) groups excluding carboxylic acids is 1. The van der Waals surface area contributed by atoms with Crippen molar-refractivity contribution in [3.05, 3.63) is 77.7 Å². The van der Waals surface area contributed by atoms with Crippen molar-refractivity contribution in [2.24, 2.45) is 0 Å². The first-order valence-electron chi connectivity index (χ1n) is 10.2. The molecule has 2 N–H and O–H groups in total. The van der Waals surface area contributed by atoms with Crippen LogP contribution in [0.4, 0.5) is 15.9 Å². The first kappa shape index (κ1) is 22.1. The molecular weight excluding hydrogens is 397 g/mol. The molecule has 0 fully saturated rings. The molecule has 1 aromatic heterocycles. The van der Waals surface area contributed by atoms with Gasteiger partial charge < -0.3 is 20.1 Å². The molecule has 1 amide bonds. The molecule has 0 aliphatic rings. The number of rotatable bonds is 10. The van der Waals surface area contributed by atoms with Gasteiger partial charge in [0.1, 0.15) is 11.6 Å². The van der Waals surface area contributed by atoms with Crippen molar-refractivity contribution < 1.29 is 18.7 Å². The Morgan fingerprint density at radius 2 is 1.81 bits per heavy atom. The van der Waals surface area contributed by atoms with E-state index in [0.29, 0.717) is 43.2 Å². The fourth-order valence-electron chi connectivity index (χ4n) is 3.07. The van der Waals surface area contributed by atoms with Crippen molar-refractivity contribution in [1.82, 2.24) is 4.98 Å². The highest BCUT2D eigenvalue weighted by Crippen LogP contribution is 2.28. The van der Waals surface area contributed by atoms with Gasteiger partial charge in [0.05, 0.1) is 18.8 Å². The third-order valence-electron chi connectivity index (χ3n) is 4.45. The van der Waals surface area contributed by atoms with Crippen LogP contribution >= 0.6 is 0 Å². The van der Waals surface area contributed by atoms with E-state index in [9.17, 15) is 9.18 Å². The number of aromatic nitrogens is 1. The van der Waals surface area contributed by atoms with Crippen LogP contribution in [-0.2, 0) is 6.42 Å². The molecule has 2 aromatic carbocycles. The maximum atomic E-state index is 13.4. The summed E-state index contributed by atoms with van der Waals surface area (Å²) in [5.41, 5.74) is 1.84. The van der Waals surface area contributed by atoms with Crippen molar-refractivity contribution in [1.29, 1.82) is 0 Å². The molecule has 0 aliphatic heterocycles. The van der Waals surface area contributed by atoms with Gasteiger partial charge in [-0.15, -0.1) is 0 Å². The van der Waals surface area contributed by atoms with Gasteiger partial charge in [0.15, 0.2) is 11.5 Å². The van der Waals surface area contributed by atoms with E-state index in [0.717, 1.165) is 17.1 Å². The normalized spacial score (nSPS) is 10.4. The zero-order valence-electron chi connectivity index (χ0n) is 17.7.